The summed E-state index contributed by atoms with van der Waals surface area (Å²) in [5.41, 5.74) is 4.42. The Bertz CT molecular complexity index is 2160. The number of rotatable bonds is 8. The molecule has 47 heavy (non-hydrogen) atoms. The van der Waals surface area contributed by atoms with Crippen molar-refractivity contribution in [3.63, 3.8) is 0 Å². The standard InChI is InChI=1S/C40H36BN3O2S/c1-39(2,45)40(3,4)46-41-30-24-32(35-33(25-30)31-18-12-7-13-19-34(31)47-35)26-20-22-29(23-21-26)38-43-36(27-14-8-5-9-15-27)42-37(44-38)28-16-10-6-11-17-28/h5-12,14-25,41,45H,13H2,1-4H3. The van der Waals surface area contributed by atoms with Crippen LogP contribution in [-0.2, 0) is 4.65 Å². The minimum atomic E-state index is -0.988. The van der Waals surface area contributed by atoms with Gasteiger partial charge in [0.2, 0.25) is 0 Å². The molecule has 0 saturated heterocycles. The Morgan fingerprint density at radius 2 is 1.28 bits per heavy atom. The third-order valence-electron chi connectivity index (χ3n) is 8.98. The molecule has 2 heterocycles. The lowest BCUT2D eigenvalue weighted by atomic mass is 9.81. The number of allylic oxidation sites excluding steroid dienone is 2. The molecule has 0 saturated carbocycles. The van der Waals surface area contributed by atoms with Gasteiger partial charge in [-0.2, -0.15) is 0 Å². The van der Waals surface area contributed by atoms with Crippen molar-refractivity contribution in [1.82, 2.24) is 15.0 Å². The minimum Gasteiger partial charge on any atom is -0.427 e. The molecule has 0 atom stereocenters. The molecule has 2 aromatic heterocycles. The van der Waals surface area contributed by atoms with Gasteiger partial charge in [-0.05, 0) is 50.5 Å². The minimum absolute atomic E-state index is 0.386. The van der Waals surface area contributed by atoms with Gasteiger partial charge in [0.15, 0.2) is 17.5 Å². The molecule has 4 aromatic carbocycles. The highest BCUT2D eigenvalue weighted by atomic mass is 32.1. The summed E-state index contributed by atoms with van der Waals surface area (Å²) in [6.45, 7) is 7.44. The topological polar surface area (TPSA) is 68.1 Å². The van der Waals surface area contributed by atoms with Crippen LogP contribution in [0.1, 0.15) is 34.1 Å². The van der Waals surface area contributed by atoms with Crippen molar-refractivity contribution in [3.05, 3.63) is 119 Å². The molecule has 232 valence electrons. The fraction of sp³-hybridized carbons (Fsp3) is 0.175. The Morgan fingerprint density at radius 3 is 1.85 bits per heavy atom. The van der Waals surface area contributed by atoms with E-state index in [4.69, 9.17) is 19.6 Å². The van der Waals surface area contributed by atoms with Gasteiger partial charge < -0.3 is 9.76 Å². The second-order valence-corrected chi connectivity index (χ2v) is 14.0. The lowest BCUT2D eigenvalue weighted by molar-refractivity contribution is -0.0893. The molecule has 0 bridgehead atoms. The first-order chi connectivity index (χ1) is 22.7. The Hall–Kier alpha value is -4.69. The van der Waals surface area contributed by atoms with Crippen LogP contribution in [0.25, 0.3) is 67.5 Å². The van der Waals surface area contributed by atoms with Crippen LogP contribution in [0.5, 0.6) is 0 Å². The normalized spacial score (nSPS) is 13.0. The summed E-state index contributed by atoms with van der Waals surface area (Å²) in [5.74, 6) is 1.91. The van der Waals surface area contributed by atoms with Gasteiger partial charge in [0.1, 0.15) is 0 Å². The van der Waals surface area contributed by atoms with Gasteiger partial charge in [0.25, 0.3) is 0 Å². The van der Waals surface area contributed by atoms with Gasteiger partial charge in [-0.3, -0.25) is 0 Å². The van der Waals surface area contributed by atoms with E-state index in [1.165, 1.54) is 19.8 Å². The highest BCUT2D eigenvalue weighted by Gasteiger charge is 2.35. The zero-order chi connectivity index (χ0) is 32.6. The second kappa shape index (κ2) is 12.5. The quantitative estimate of drug-likeness (QED) is 0.187. The molecule has 0 spiro atoms. The van der Waals surface area contributed by atoms with Gasteiger partial charge in [-0.25, -0.2) is 15.0 Å². The molecule has 1 N–H and O–H groups in total. The molecular weight excluding hydrogens is 597 g/mol. The van der Waals surface area contributed by atoms with E-state index < -0.39 is 11.2 Å². The maximum Gasteiger partial charge on any atom is 0.309 e. The number of aromatic nitrogens is 3. The lowest BCUT2D eigenvalue weighted by Gasteiger charge is -2.37. The number of nitrogens with zero attached hydrogens (tertiary/aromatic N) is 3. The zero-order valence-electron chi connectivity index (χ0n) is 27.1. The summed E-state index contributed by atoms with van der Waals surface area (Å²) in [5, 5.41) is 13.2. The maximum absolute atomic E-state index is 10.7. The van der Waals surface area contributed by atoms with Crippen LogP contribution >= 0.6 is 11.3 Å². The molecule has 7 heteroatoms. The number of hydrogen-bond acceptors (Lipinski definition) is 6. The summed E-state index contributed by atoms with van der Waals surface area (Å²) in [6.07, 6.45) is 9.76. The van der Waals surface area contributed by atoms with Crippen LogP contribution in [-0.4, -0.2) is 38.7 Å². The fourth-order valence-corrected chi connectivity index (χ4v) is 6.77. The SMILES string of the molecule is CC(C)(O)C(C)(C)OBc1cc(-c2ccc(-c3nc(-c4ccccc4)nc(-c4ccccc4)n3)cc2)c2sc3c(c2c1)=CC=CCC=3. The summed E-state index contributed by atoms with van der Waals surface area (Å²) in [6, 6.07) is 33.0. The molecular formula is C40H36BN3O2S. The Morgan fingerprint density at radius 1 is 0.723 bits per heavy atom. The average Bonchev–Trinajstić information content (AvgIpc) is 3.26. The van der Waals surface area contributed by atoms with Gasteiger partial charge in [0.05, 0.1) is 11.2 Å². The number of benzene rings is 4. The molecule has 0 fully saturated rings. The summed E-state index contributed by atoms with van der Waals surface area (Å²) in [4.78, 5) is 14.7. The largest absolute Gasteiger partial charge is 0.427 e. The van der Waals surface area contributed by atoms with Crippen LogP contribution in [0.3, 0.4) is 0 Å². The number of thiophene rings is 1. The molecule has 5 nitrogen and oxygen atoms in total. The Balaban J connectivity index is 1.32. The molecule has 7 rings (SSSR count). The molecule has 6 aromatic rings. The fourth-order valence-electron chi connectivity index (χ4n) is 5.51. The summed E-state index contributed by atoms with van der Waals surface area (Å²) >= 11 is 1.83. The van der Waals surface area contributed by atoms with Crippen molar-refractivity contribution < 1.29 is 9.76 Å². The number of fused-ring (bicyclic) bond motifs is 3. The molecule has 0 unspecified atom stereocenters. The van der Waals surface area contributed by atoms with E-state index in [2.05, 4.69) is 60.7 Å². The number of aliphatic hydroxyl groups is 1. The Labute approximate surface area is 280 Å². The van der Waals surface area contributed by atoms with E-state index in [1.807, 2.05) is 85.8 Å². The van der Waals surface area contributed by atoms with E-state index in [0.29, 0.717) is 25.0 Å². The Kier molecular flexibility index (Phi) is 8.22. The van der Waals surface area contributed by atoms with Gasteiger partial charge in [-0.15, -0.1) is 11.3 Å². The third kappa shape index (κ3) is 6.35. The van der Waals surface area contributed by atoms with Gasteiger partial charge in [-0.1, -0.05) is 127 Å². The van der Waals surface area contributed by atoms with Crippen molar-refractivity contribution >= 4 is 46.5 Å². The maximum atomic E-state index is 10.7. The first-order valence-corrected chi connectivity index (χ1v) is 16.7. The van der Waals surface area contributed by atoms with Crippen LogP contribution in [0.4, 0.5) is 0 Å². The molecule has 0 radical (unpaired) electrons. The molecule has 0 amide bonds. The van der Waals surface area contributed by atoms with Crippen molar-refractivity contribution in [3.8, 4) is 45.3 Å². The van der Waals surface area contributed by atoms with E-state index in [9.17, 15) is 5.11 Å². The highest BCUT2D eigenvalue weighted by molar-refractivity contribution is 7.17. The predicted molar refractivity (Wildman–Crippen MR) is 197 cm³/mol. The van der Waals surface area contributed by atoms with E-state index in [1.54, 1.807) is 13.8 Å². The second-order valence-electron chi connectivity index (χ2n) is 12.9. The first kappa shape index (κ1) is 30.9. The highest BCUT2D eigenvalue weighted by Crippen LogP contribution is 2.32. The predicted octanol–water partition coefficient (Wildman–Crippen LogP) is 6.82. The van der Waals surface area contributed by atoms with Crippen molar-refractivity contribution in [2.75, 3.05) is 0 Å². The van der Waals surface area contributed by atoms with Crippen LogP contribution in [0.15, 0.2) is 109 Å². The molecule has 1 aliphatic rings. The van der Waals surface area contributed by atoms with Crippen LogP contribution in [0.2, 0.25) is 0 Å². The summed E-state index contributed by atoms with van der Waals surface area (Å²) in [7, 11) is 0.386. The van der Waals surface area contributed by atoms with Crippen LogP contribution < -0.4 is 15.2 Å². The first-order valence-electron chi connectivity index (χ1n) is 15.9. The van der Waals surface area contributed by atoms with Crippen LogP contribution in [0, 0.1) is 0 Å². The molecule has 1 aliphatic carbocycles. The van der Waals surface area contributed by atoms with E-state index in [-0.39, 0.29) is 0 Å². The summed E-state index contributed by atoms with van der Waals surface area (Å²) < 4.78 is 8.86. The van der Waals surface area contributed by atoms with E-state index >= 15 is 0 Å². The monoisotopic (exact) mass is 633 g/mol. The third-order valence-corrected chi connectivity index (χ3v) is 10.2. The zero-order valence-corrected chi connectivity index (χ0v) is 27.9. The number of hydrogen-bond donors (Lipinski definition) is 1. The van der Waals surface area contributed by atoms with Crippen molar-refractivity contribution in [1.29, 1.82) is 0 Å². The van der Waals surface area contributed by atoms with E-state index in [0.717, 1.165) is 39.7 Å². The van der Waals surface area contributed by atoms with Gasteiger partial charge in [0, 0.05) is 31.3 Å². The average molecular weight is 634 g/mol. The molecule has 0 aliphatic heterocycles. The van der Waals surface area contributed by atoms with Crippen molar-refractivity contribution in [2.24, 2.45) is 0 Å². The van der Waals surface area contributed by atoms with Crippen molar-refractivity contribution in [2.45, 2.75) is 45.3 Å². The lowest BCUT2D eigenvalue weighted by Crippen LogP contribution is -2.49. The smallest absolute Gasteiger partial charge is 0.309 e. The van der Waals surface area contributed by atoms with Gasteiger partial charge >= 0.3 is 7.48 Å².